The standard InChI is InChI=1S/C27H37BN2O6.C26H35BN2O5/c1-17(2)12-25(28(33)34)30-27(32)23(13-18-8-6-5-7-9-18)29-26(31)20-11-10-19-14-21(35-3)16-24(36-4)22(19)15-20;1-17(2)14-24(27(32)33)29-26(31)22(15-18-8-5-4-6-9-18)28-25(30)20-13-12-19-10-7-11-23(34-3)21(19)16-20/h5-9,14,16-17,20,23,25,33-34H,10-13,15H2,1-4H3,(H,29,31)(H,30,32);4-11,17,20,22,24,32-33H,12-16H2,1-3H3,(H,28,30)(H,29,31)/t20?,23-,25-;20?,22-,24-/m00/s1. The number of methoxy groups -OCH3 is 3. The number of hydrogen-bond acceptors (Lipinski definition) is 11. The average Bonchev–Trinajstić information content (AvgIpc) is 3.34. The van der Waals surface area contributed by atoms with Crippen LogP contribution in [-0.4, -0.2) is 103 Å². The van der Waals surface area contributed by atoms with Crippen molar-refractivity contribution in [1.82, 2.24) is 21.3 Å². The number of nitrogens with one attached hydrogen (secondary N) is 4. The van der Waals surface area contributed by atoms with Gasteiger partial charge in [0.05, 0.1) is 33.2 Å². The fourth-order valence-corrected chi connectivity index (χ4v) is 9.29. The Bertz CT molecular complexity index is 2290. The number of rotatable bonds is 21. The molecule has 6 rings (SSSR count). The Morgan fingerprint density at radius 3 is 1.41 bits per heavy atom. The van der Waals surface area contributed by atoms with Crippen molar-refractivity contribution in [2.24, 2.45) is 23.7 Å². The van der Waals surface area contributed by atoms with Crippen LogP contribution in [0.2, 0.25) is 0 Å². The van der Waals surface area contributed by atoms with Gasteiger partial charge in [-0.2, -0.15) is 0 Å². The van der Waals surface area contributed by atoms with E-state index >= 15 is 0 Å². The first-order valence-electron chi connectivity index (χ1n) is 24.4. The van der Waals surface area contributed by atoms with Gasteiger partial charge in [-0.1, -0.05) is 100 Å². The van der Waals surface area contributed by atoms with Gasteiger partial charge in [0.25, 0.3) is 0 Å². The SMILES string of the molecule is COc1cc2c(c(OC)c1)CC(C(=O)N[C@@H](Cc1ccccc1)C(=O)N[C@@H](CC(C)C)B(O)O)CC2.COc1cccc2c1CC(C(=O)N[C@@H](Cc1ccccc1)C(=O)N[C@@H](CC(C)C)B(O)O)CC2. The van der Waals surface area contributed by atoms with Gasteiger partial charge in [0.2, 0.25) is 23.6 Å². The lowest BCUT2D eigenvalue weighted by atomic mass is 9.75. The number of fused-ring (bicyclic) bond motifs is 2. The third-order valence-corrected chi connectivity index (χ3v) is 13.0. The number of ether oxygens (including phenoxy) is 3. The second-order valence-corrected chi connectivity index (χ2v) is 19.3. The molecule has 2 aliphatic rings. The summed E-state index contributed by atoms with van der Waals surface area (Å²) < 4.78 is 16.4. The predicted octanol–water partition coefficient (Wildman–Crippen LogP) is 4.15. The molecule has 0 radical (unpaired) electrons. The summed E-state index contributed by atoms with van der Waals surface area (Å²) in [7, 11) is 1.47. The summed E-state index contributed by atoms with van der Waals surface area (Å²) in [6, 6.07) is 26.9. The Labute approximate surface area is 413 Å². The number of carbonyl (C=O) groups excluding carboxylic acids is 4. The molecule has 0 aliphatic heterocycles. The Balaban J connectivity index is 0.000000261. The van der Waals surface area contributed by atoms with E-state index in [1.807, 2.05) is 113 Å². The lowest BCUT2D eigenvalue weighted by Crippen LogP contribution is -2.55. The zero-order chi connectivity index (χ0) is 50.9. The van der Waals surface area contributed by atoms with Crippen molar-refractivity contribution < 1.29 is 53.5 Å². The number of hydrogen-bond donors (Lipinski definition) is 8. The van der Waals surface area contributed by atoms with Crippen molar-refractivity contribution in [1.29, 1.82) is 0 Å². The van der Waals surface area contributed by atoms with Gasteiger partial charge in [-0.05, 0) is 109 Å². The van der Waals surface area contributed by atoms with Gasteiger partial charge in [-0.25, -0.2) is 0 Å². The maximum atomic E-state index is 13.4. The van der Waals surface area contributed by atoms with Crippen LogP contribution in [0.1, 0.15) is 86.8 Å². The summed E-state index contributed by atoms with van der Waals surface area (Å²) in [6.45, 7) is 7.77. The minimum atomic E-state index is -1.69. The molecule has 6 atom stereocenters. The van der Waals surface area contributed by atoms with Crippen molar-refractivity contribution in [3.05, 3.63) is 124 Å². The summed E-state index contributed by atoms with van der Waals surface area (Å²) in [4.78, 5) is 53.1. The van der Waals surface area contributed by atoms with Crippen LogP contribution in [0, 0.1) is 23.7 Å². The van der Waals surface area contributed by atoms with Crippen molar-refractivity contribution in [3.63, 3.8) is 0 Å². The van der Waals surface area contributed by atoms with Gasteiger partial charge in [0.1, 0.15) is 29.3 Å². The second kappa shape index (κ2) is 26.9. The molecular formula is C53H72B2N4O11. The van der Waals surface area contributed by atoms with Gasteiger partial charge >= 0.3 is 14.2 Å². The van der Waals surface area contributed by atoms with E-state index in [0.29, 0.717) is 57.1 Å². The highest BCUT2D eigenvalue weighted by atomic mass is 16.5. The van der Waals surface area contributed by atoms with Gasteiger partial charge < -0.3 is 55.6 Å². The molecule has 0 saturated heterocycles. The maximum Gasteiger partial charge on any atom is 0.475 e. The smallest absolute Gasteiger partial charge is 0.475 e. The quantitative estimate of drug-likeness (QED) is 0.0554. The van der Waals surface area contributed by atoms with E-state index in [1.165, 1.54) is 5.56 Å². The number of aryl methyl sites for hydroxylation is 2. The summed E-state index contributed by atoms with van der Waals surface area (Å²) in [5.41, 5.74) is 6.11. The first-order chi connectivity index (χ1) is 33.5. The minimum absolute atomic E-state index is 0.148. The first kappa shape index (κ1) is 55.1. The number of amides is 4. The van der Waals surface area contributed by atoms with Crippen LogP contribution in [0.15, 0.2) is 91.0 Å². The molecule has 4 amide bonds. The van der Waals surface area contributed by atoms with E-state index in [9.17, 15) is 39.3 Å². The highest BCUT2D eigenvalue weighted by molar-refractivity contribution is 6.44. The monoisotopic (exact) mass is 963 g/mol. The van der Waals surface area contributed by atoms with Gasteiger partial charge in [-0.3, -0.25) is 19.2 Å². The average molecular weight is 963 g/mol. The molecule has 8 N–H and O–H groups in total. The summed E-state index contributed by atoms with van der Waals surface area (Å²) in [6.07, 6.45) is 5.26. The molecule has 0 heterocycles. The molecule has 0 saturated carbocycles. The predicted molar refractivity (Wildman–Crippen MR) is 271 cm³/mol. The molecule has 376 valence electrons. The summed E-state index contributed by atoms with van der Waals surface area (Å²) >= 11 is 0. The normalized spacial score (nSPS) is 16.6. The van der Waals surface area contributed by atoms with E-state index in [4.69, 9.17) is 14.2 Å². The lowest BCUT2D eigenvalue weighted by Gasteiger charge is -2.28. The van der Waals surface area contributed by atoms with E-state index in [1.54, 1.807) is 21.3 Å². The van der Waals surface area contributed by atoms with Crippen LogP contribution >= 0.6 is 0 Å². The van der Waals surface area contributed by atoms with E-state index in [2.05, 4.69) is 27.3 Å². The number of benzene rings is 4. The van der Waals surface area contributed by atoms with Crippen LogP contribution in [-0.2, 0) is 57.7 Å². The molecule has 4 aromatic rings. The van der Waals surface area contributed by atoms with Crippen molar-refractivity contribution in [2.75, 3.05) is 21.3 Å². The second-order valence-electron chi connectivity index (χ2n) is 19.3. The molecule has 2 aliphatic carbocycles. The molecular weight excluding hydrogens is 890 g/mol. The molecule has 70 heavy (non-hydrogen) atoms. The lowest BCUT2D eigenvalue weighted by molar-refractivity contribution is -0.131. The zero-order valence-corrected chi connectivity index (χ0v) is 41.7. The van der Waals surface area contributed by atoms with E-state index < -0.39 is 50.0 Å². The Morgan fingerprint density at radius 2 is 1.00 bits per heavy atom. The van der Waals surface area contributed by atoms with Crippen LogP contribution in [0.5, 0.6) is 17.2 Å². The molecule has 0 spiro atoms. The fourth-order valence-electron chi connectivity index (χ4n) is 9.29. The molecule has 0 fully saturated rings. The maximum absolute atomic E-state index is 13.4. The topological polar surface area (TPSA) is 225 Å². The highest BCUT2D eigenvalue weighted by Crippen LogP contribution is 2.36. The molecule has 0 bridgehead atoms. The zero-order valence-electron chi connectivity index (χ0n) is 41.7. The third-order valence-electron chi connectivity index (χ3n) is 13.0. The molecule has 2 unspecified atom stereocenters. The van der Waals surface area contributed by atoms with Crippen molar-refractivity contribution >= 4 is 37.9 Å². The van der Waals surface area contributed by atoms with Crippen LogP contribution in [0.25, 0.3) is 0 Å². The molecule has 0 aromatic heterocycles. The van der Waals surface area contributed by atoms with E-state index in [-0.39, 0.29) is 41.9 Å². The van der Waals surface area contributed by atoms with Crippen molar-refractivity contribution in [2.45, 2.75) is 116 Å². The molecule has 4 aromatic carbocycles. The van der Waals surface area contributed by atoms with Gasteiger partial charge in [0.15, 0.2) is 0 Å². The van der Waals surface area contributed by atoms with Crippen molar-refractivity contribution in [3.8, 4) is 17.2 Å². The van der Waals surface area contributed by atoms with E-state index in [0.717, 1.165) is 45.7 Å². The largest absolute Gasteiger partial charge is 0.497 e. The third kappa shape index (κ3) is 16.1. The van der Waals surface area contributed by atoms with Crippen LogP contribution < -0.4 is 35.5 Å². The first-order valence-corrected chi connectivity index (χ1v) is 24.4. The summed E-state index contributed by atoms with van der Waals surface area (Å²) in [5.74, 6) is -0.994. The highest BCUT2D eigenvalue weighted by Gasteiger charge is 2.35. The minimum Gasteiger partial charge on any atom is -0.497 e. The Morgan fingerprint density at radius 1 is 0.557 bits per heavy atom. The van der Waals surface area contributed by atoms with Crippen LogP contribution in [0.3, 0.4) is 0 Å². The molecule has 15 nitrogen and oxygen atoms in total. The Hall–Kier alpha value is -5.87. The molecule has 17 heteroatoms. The van der Waals surface area contributed by atoms with Gasteiger partial charge in [-0.15, -0.1) is 0 Å². The van der Waals surface area contributed by atoms with Crippen LogP contribution in [0.4, 0.5) is 0 Å². The summed E-state index contributed by atoms with van der Waals surface area (Å²) in [5, 5.41) is 50.4. The van der Waals surface area contributed by atoms with Gasteiger partial charge in [0, 0.05) is 30.7 Å². The Kier molecular flexibility index (Phi) is 21.2. The number of carbonyl (C=O) groups is 4. The fraction of sp³-hybridized carbons (Fsp3) is 0.472.